The number of hydrogen-bond acceptors (Lipinski definition) is 5. The minimum atomic E-state index is -0.540. The Hall–Kier alpha value is -2.45. The first-order chi connectivity index (χ1) is 16.1. The summed E-state index contributed by atoms with van der Waals surface area (Å²) in [6, 6.07) is 9.46. The predicted octanol–water partition coefficient (Wildman–Crippen LogP) is 0.906. The third kappa shape index (κ3) is 5.92. The van der Waals surface area contributed by atoms with Crippen molar-refractivity contribution in [3.8, 4) is 0 Å². The molecule has 1 aliphatic carbocycles. The molecule has 2 heterocycles. The number of ether oxygens (including phenoxy) is 1. The van der Waals surface area contributed by atoms with Crippen LogP contribution >= 0.6 is 0 Å². The largest absolute Gasteiger partial charge is 0.375 e. The summed E-state index contributed by atoms with van der Waals surface area (Å²) in [5.74, 6) is 0.0678. The first-order valence-electron chi connectivity index (χ1n) is 12.2. The van der Waals surface area contributed by atoms with Crippen LogP contribution in [-0.2, 0) is 25.5 Å². The average molecular weight is 457 g/mol. The van der Waals surface area contributed by atoms with Crippen LogP contribution in [0.2, 0.25) is 0 Å². The molecule has 2 saturated heterocycles. The number of methoxy groups -OCH3 is 1. The van der Waals surface area contributed by atoms with Crippen molar-refractivity contribution in [2.24, 2.45) is 5.92 Å². The van der Waals surface area contributed by atoms with Crippen molar-refractivity contribution in [3.63, 3.8) is 0 Å². The Labute approximate surface area is 196 Å². The molecule has 3 fully saturated rings. The van der Waals surface area contributed by atoms with Crippen LogP contribution in [0.25, 0.3) is 0 Å². The molecule has 0 spiro atoms. The molecule has 1 aromatic rings. The van der Waals surface area contributed by atoms with Gasteiger partial charge in [-0.25, -0.2) is 0 Å². The maximum atomic E-state index is 13.5. The fourth-order valence-electron chi connectivity index (χ4n) is 4.96. The van der Waals surface area contributed by atoms with Gasteiger partial charge in [0.2, 0.25) is 17.7 Å². The molecule has 8 heteroatoms. The smallest absolute Gasteiger partial charge is 0.249 e. The summed E-state index contributed by atoms with van der Waals surface area (Å²) in [6.07, 6.45) is 4.02. The highest BCUT2D eigenvalue weighted by Gasteiger charge is 2.46. The molecular formula is C25H36N4O4. The SMILES string of the molecule is COCC(=O)N1CC(N(CCc2ccccc2)C(=O)C2CC2)CC1C(=O)N1CCCNCC1. The predicted molar refractivity (Wildman–Crippen MR) is 124 cm³/mol. The topological polar surface area (TPSA) is 82.2 Å². The van der Waals surface area contributed by atoms with Crippen LogP contribution in [0.15, 0.2) is 30.3 Å². The number of nitrogens with zero attached hydrogens (tertiary/aromatic N) is 3. The maximum absolute atomic E-state index is 13.5. The van der Waals surface area contributed by atoms with E-state index in [4.69, 9.17) is 4.74 Å². The molecule has 2 unspecified atom stereocenters. The average Bonchev–Trinajstić information content (AvgIpc) is 3.63. The number of nitrogens with one attached hydrogen (secondary N) is 1. The van der Waals surface area contributed by atoms with E-state index in [1.165, 1.54) is 12.7 Å². The molecule has 4 rings (SSSR count). The molecular weight excluding hydrogens is 420 g/mol. The minimum absolute atomic E-state index is 0.00691. The lowest BCUT2D eigenvalue weighted by Crippen LogP contribution is -2.49. The van der Waals surface area contributed by atoms with Crippen LogP contribution in [0.1, 0.15) is 31.2 Å². The Morgan fingerprint density at radius 2 is 1.91 bits per heavy atom. The second-order valence-corrected chi connectivity index (χ2v) is 9.35. The van der Waals surface area contributed by atoms with Gasteiger partial charge in [-0.15, -0.1) is 0 Å². The summed E-state index contributed by atoms with van der Waals surface area (Å²) in [7, 11) is 1.49. The summed E-state index contributed by atoms with van der Waals surface area (Å²) in [6.45, 7) is 3.92. The van der Waals surface area contributed by atoms with Crippen molar-refractivity contribution in [3.05, 3.63) is 35.9 Å². The fraction of sp³-hybridized carbons (Fsp3) is 0.640. The molecule has 1 N–H and O–H groups in total. The van der Waals surface area contributed by atoms with E-state index >= 15 is 0 Å². The second kappa shape index (κ2) is 11.1. The number of carbonyl (C=O) groups is 3. The van der Waals surface area contributed by atoms with Gasteiger partial charge < -0.3 is 24.8 Å². The highest BCUT2D eigenvalue weighted by atomic mass is 16.5. The molecule has 2 aliphatic heterocycles. The second-order valence-electron chi connectivity index (χ2n) is 9.35. The van der Waals surface area contributed by atoms with E-state index < -0.39 is 6.04 Å². The molecule has 0 bridgehead atoms. The van der Waals surface area contributed by atoms with E-state index in [9.17, 15) is 14.4 Å². The van der Waals surface area contributed by atoms with Gasteiger partial charge >= 0.3 is 0 Å². The van der Waals surface area contributed by atoms with Gasteiger partial charge in [0.15, 0.2) is 0 Å². The minimum Gasteiger partial charge on any atom is -0.375 e. The zero-order valence-electron chi connectivity index (χ0n) is 19.6. The van der Waals surface area contributed by atoms with Gasteiger partial charge in [-0.05, 0) is 44.2 Å². The molecule has 33 heavy (non-hydrogen) atoms. The Kier molecular flexibility index (Phi) is 7.98. The lowest BCUT2D eigenvalue weighted by atomic mass is 10.1. The van der Waals surface area contributed by atoms with Crippen molar-refractivity contribution >= 4 is 17.7 Å². The molecule has 180 valence electrons. The van der Waals surface area contributed by atoms with Crippen molar-refractivity contribution in [2.75, 3.05) is 53.0 Å². The Bertz CT molecular complexity index is 821. The first kappa shape index (κ1) is 23.7. The lowest BCUT2D eigenvalue weighted by molar-refractivity contribution is -0.145. The molecule has 1 saturated carbocycles. The highest BCUT2D eigenvalue weighted by Crippen LogP contribution is 2.34. The number of amides is 3. The zero-order valence-corrected chi connectivity index (χ0v) is 19.6. The van der Waals surface area contributed by atoms with Gasteiger partial charge in [0.1, 0.15) is 12.6 Å². The molecule has 1 aromatic carbocycles. The fourth-order valence-corrected chi connectivity index (χ4v) is 4.96. The molecule has 3 amide bonds. The van der Waals surface area contributed by atoms with E-state index in [2.05, 4.69) is 17.4 Å². The maximum Gasteiger partial charge on any atom is 0.249 e. The molecule has 3 aliphatic rings. The van der Waals surface area contributed by atoms with Crippen molar-refractivity contribution in [1.82, 2.24) is 20.0 Å². The van der Waals surface area contributed by atoms with E-state index in [0.29, 0.717) is 32.6 Å². The van der Waals surface area contributed by atoms with E-state index in [1.54, 1.807) is 4.90 Å². The molecule has 0 aromatic heterocycles. The summed E-state index contributed by atoms with van der Waals surface area (Å²) in [5, 5.41) is 3.32. The van der Waals surface area contributed by atoms with Crippen molar-refractivity contribution in [2.45, 2.75) is 44.2 Å². The number of carbonyl (C=O) groups excluding carboxylic acids is 3. The lowest BCUT2D eigenvalue weighted by Gasteiger charge is -2.29. The summed E-state index contributed by atoms with van der Waals surface area (Å²) >= 11 is 0. The third-order valence-electron chi connectivity index (χ3n) is 6.94. The number of rotatable bonds is 8. The van der Waals surface area contributed by atoms with Crippen LogP contribution < -0.4 is 5.32 Å². The Morgan fingerprint density at radius 3 is 2.64 bits per heavy atom. The Balaban J connectivity index is 1.51. The molecule has 0 radical (unpaired) electrons. The van der Waals surface area contributed by atoms with Crippen LogP contribution in [0.5, 0.6) is 0 Å². The van der Waals surface area contributed by atoms with E-state index in [1.807, 2.05) is 28.0 Å². The van der Waals surface area contributed by atoms with Gasteiger partial charge in [0.05, 0.1) is 6.04 Å². The number of benzene rings is 1. The van der Waals surface area contributed by atoms with Crippen LogP contribution in [0, 0.1) is 5.92 Å². The summed E-state index contributed by atoms with van der Waals surface area (Å²) in [5.41, 5.74) is 1.18. The Morgan fingerprint density at radius 1 is 1.12 bits per heavy atom. The standard InChI is InChI=1S/C25H36N4O4/c1-33-18-23(30)29-17-21(16-22(29)25(32)27-13-5-11-26-12-15-27)28(24(31)20-8-9-20)14-10-19-6-3-2-4-7-19/h2-4,6-7,20-22,26H,5,8-18H2,1H3. The number of hydrogen-bond donors (Lipinski definition) is 1. The zero-order chi connectivity index (χ0) is 23.2. The molecule has 8 nitrogen and oxygen atoms in total. The van der Waals surface area contributed by atoms with E-state index in [0.717, 1.165) is 38.8 Å². The van der Waals surface area contributed by atoms with Gasteiger partial charge in [0.25, 0.3) is 0 Å². The van der Waals surface area contributed by atoms with Gasteiger partial charge in [-0.3, -0.25) is 14.4 Å². The van der Waals surface area contributed by atoms with Crippen LogP contribution in [-0.4, -0.2) is 97.5 Å². The normalized spacial score (nSPS) is 23.3. The third-order valence-corrected chi connectivity index (χ3v) is 6.94. The first-order valence-corrected chi connectivity index (χ1v) is 12.2. The van der Waals surface area contributed by atoms with Gasteiger partial charge in [-0.1, -0.05) is 30.3 Å². The van der Waals surface area contributed by atoms with Crippen LogP contribution in [0.3, 0.4) is 0 Å². The highest BCUT2D eigenvalue weighted by molar-refractivity contribution is 5.89. The number of likely N-dealkylation sites (tertiary alicyclic amines) is 1. The van der Waals surface area contributed by atoms with Crippen molar-refractivity contribution in [1.29, 1.82) is 0 Å². The van der Waals surface area contributed by atoms with E-state index in [-0.39, 0.29) is 36.3 Å². The van der Waals surface area contributed by atoms with Crippen molar-refractivity contribution < 1.29 is 19.1 Å². The summed E-state index contributed by atoms with van der Waals surface area (Å²) in [4.78, 5) is 45.1. The van der Waals surface area contributed by atoms with Crippen LogP contribution in [0.4, 0.5) is 0 Å². The summed E-state index contributed by atoms with van der Waals surface area (Å²) < 4.78 is 5.10. The van der Waals surface area contributed by atoms with Gasteiger partial charge in [-0.2, -0.15) is 0 Å². The quantitative estimate of drug-likeness (QED) is 0.629. The van der Waals surface area contributed by atoms with Gasteiger partial charge in [0, 0.05) is 45.8 Å². The monoisotopic (exact) mass is 456 g/mol. The molecule has 2 atom stereocenters.